The molecule has 1 unspecified atom stereocenters. The molecule has 0 spiro atoms. The first kappa shape index (κ1) is 21.6. The summed E-state index contributed by atoms with van der Waals surface area (Å²) in [6.45, 7) is 1.71. The molecule has 0 aliphatic carbocycles. The average Bonchev–Trinajstić information content (AvgIpc) is 3.27. The number of likely N-dealkylation sites (tertiary alicyclic amines) is 2. The van der Waals surface area contributed by atoms with Gasteiger partial charge < -0.3 is 29.5 Å². The lowest BCUT2D eigenvalue weighted by Crippen LogP contribution is -2.68. The maximum atomic E-state index is 13.8. The Hall–Kier alpha value is -3.26. The average molecular weight is 451 g/mol. The van der Waals surface area contributed by atoms with Gasteiger partial charge in [-0.3, -0.25) is 9.59 Å². The molecule has 0 radical (unpaired) electrons. The first-order valence-electron chi connectivity index (χ1n) is 11.4. The third kappa shape index (κ3) is 3.78. The minimum absolute atomic E-state index is 0.0142. The van der Waals surface area contributed by atoms with Gasteiger partial charge in [0.05, 0.1) is 12.5 Å². The van der Waals surface area contributed by atoms with Gasteiger partial charge in [-0.2, -0.15) is 0 Å². The van der Waals surface area contributed by atoms with Crippen LogP contribution < -0.4 is 19.7 Å². The van der Waals surface area contributed by atoms with Crippen molar-refractivity contribution < 1.29 is 19.1 Å². The van der Waals surface area contributed by atoms with Crippen LogP contribution in [0.5, 0.6) is 11.5 Å². The fourth-order valence-corrected chi connectivity index (χ4v) is 5.00. The molecule has 0 aromatic heterocycles. The van der Waals surface area contributed by atoms with E-state index >= 15 is 0 Å². The molecule has 0 bridgehead atoms. The number of hydrogen-bond acceptors (Lipinski definition) is 6. The molecule has 174 valence electrons. The van der Waals surface area contributed by atoms with E-state index in [9.17, 15) is 9.59 Å². The van der Waals surface area contributed by atoms with Gasteiger partial charge in [0.2, 0.25) is 18.6 Å². The molecule has 2 aromatic carbocycles. The fourth-order valence-electron chi connectivity index (χ4n) is 5.00. The third-order valence-corrected chi connectivity index (χ3v) is 7.07. The number of piperidine rings is 1. The summed E-state index contributed by atoms with van der Waals surface area (Å²) in [4.78, 5) is 32.8. The Balaban J connectivity index is 1.43. The van der Waals surface area contributed by atoms with Crippen LogP contribution in [0.4, 0.5) is 11.4 Å². The van der Waals surface area contributed by atoms with Crippen molar-refractivity contribution in [2.45, 2.75) is 30.8 Å². The zero-order valence-corrected chi connectivity index (χ0v) is 19.3. The molecule has 3 heterocycles. The number of amides is 2. The van der Waals surface area contributed by atoms with Gasteiger partial charge in [-0.25, -0.2) is 0 Å². The predicted octanol–water partition coefficient (Wildman–Crippen LogP) is 2.86. The monoisotopic (exact) mass is 450 g/mol. The van der Waals surface area contributed by atoms with Crippen molar-refractivity contribution in [2.75, 3.05) is 51.2 Å². The highest BCUT2D eigenvalue weighted by molar-refractivity contribution is 6.02. The molecule has 2 amide bonds. The molecule has 5 rings (SSSR count). The highest BCUT2D eigenvalue weighted by Crippen LogP contribution is 2.47. The van der Waals surface area contributed by atoms with Crippen molar-refractivity contribution in [3.8, 4) is 11.5 Å². The van der Waals surface area contributed by atoms with Gasteiger partial charge in [0.15, 0.2) is 11.5 Å². The number of carbonyl (C=O) groups is 2. The number of nitrogens with one attached hydrogen (secondary N) is 1. The van der Waals surface area contributed by atoms with E-state index in [0.717, 1.165) is 30.0 Å². The Bertz CT molecular complexity index is 1060. The second-order valence-corrected chi connectivity index (χ2v) is 9.33. The molecule has 1 N–H and O–H groups in total. The Labute approximate surface area is 194 Å². The number of anilines is 2. The summed E-state index contributed by atoms with van der Waals surface area (Å²) in [5, 5.41) is 3.10. The lowest BCUT2D eigenvalue weighted by atomic mass is 9.78. The highest BCUT2D eigenvalue weighted by atomic mass is 16.7. The lowest BCUT2D eigenvalue weighted by Gasteiger charge is -2.54. The molecular weight excluding hydrogens is 420 g/mol. The summed E-state index contributed by atoms with van der Waals surface area (Å²) in [5.41, 5.74) is 1.88. The van der Waals surface area contributed by atoms with Gasteiger partial charge >= 0.3 is 0 Å². The van der Waals surface area contributed by atoms with Crippen molar-refractivity contribution in [3.05, 3.63) is 48.0 Å². The van der Waals surface area contributed by atoms with Crippen LogP contribution in [-0.2, 0) is 9.59 Å². The Morgan fingerprint density at radius 1 is 1.06 bits per heavy atom. The number of carbonyl (C=O) groups excluding carboxylic acids is 2. The molecular formula is C25H30N4O4. The second-order valence-electron chi connectivity index (χ2n) is 9.33. The second kappa shape index (κ2) is 8.26. The molecule has 2 aromatic rings. The van der Waals surface area contributed by atoms with Crippen molar-refractivity contribution >= 4 is 23.2 Å². The van der Waals surface area contributed by atoms with E-state index in [-0.39, 0.29) is 24.6 Å². The summed E-state index contributed by atoms with van der Waals surface area (Å²) in [7, 11) is 6.01. The molecule has 0 saturated carbocycles. The van der Waals surface area contributed by atoms with Crippen molar-refractivity contribution in [3.63, 3.8) is 0 Å². The van der Waals surface area contributed by atoms with Crippen LogP contribution in [0.3, 0.4) is 0 Å². The molecule has 3 aliphatic rings. The molecule has 8 heteroatoms. The zero-order valence-electron chi connectivity index (χ0n) is 19.3. The van der Waals surface area contributed by atoms with E-state index in [0.29, 0.717) is 30.8 Å². The minimum atomic E-state index is -0.886. The minimum Gasteiger partial charge on any atom is -0.454 e. The number of β-lactam (4-membered cyclic amide) rings is 1. The summed E-state index contributed by atoms with van der Waals surface area (Å²) in [5.74, 6) is 1.30. The third-order valence-electron chi connectivity index (χ3n) is 7.07. The maximum absolute atomic E-state index is 13.8. The number of hydrogen-bond donors (Lipinski definition) is 1. The molecule has 8 nitrogen and oxygen atoms in total. The van der Waals surface area contributed by atoms with Gasteiger partial charge in [0.1, 0.15) is 5.54 Å². The standard InChI is InChI=1S/C25H30N4O4/c1-27(2)19-7-5-18(6-8-19)26-24(31)25(10-12-28(3)13-11-25)29-20(15-23(29)30)17-4-9-21-22(14-17)33-16-32-21/h4-9,14,20H,10-13,15-16H2,1-3H3,(H,26,31). The van der Waals surface area contributed by atoms with Crippen LogP contribution in [0.25, 0.3) is 0 Å². The topological polar surface area (TPSA) is 74.4 Å². The largest absolute Gasteiger partial charge is 0.454 e. The number of ether oxygens (including phenoxy) is 2. The van der Waals surface area contributed by atoms with E-state index < -0.39 is 5.54 Å². The number of fused-ring (bicyclic) bond motifs is 1. The number of benzene rings is 2. The summed E-state index contributed by atoms with van der Waals surface area (Å²) in [6.07, 6.45) is 1.58. The van der Waals surface area contributed by atoms with Crippen molar-refractivity contribution in [2.24, 2.45) is 0 Å². The van der Waals surface area contributed by atoms with Gasteiger partial charge in [0.25, 0.3) is 0 Å². The smallest absolute Gasteiger partial charge is 0.250 e. The van der Waals surface area contributed by atoms with Crippen LogP contribution >= 0.6 is 0 Å². The first-order chi connectivity index (χ1) is 15.9. The first-order valence-corrected chi connectivity index (χ1v) is 11.4. The Morgan fingerprint density at radius 2 is 1.76 bits per heavy atom. The van der Waals surface area contributed by atoms with Crippen LogP contribution in [0.1, 0.15) is 30.9 Å². The van der Waals surface area contributed by atoms with Gasteiger partial charge in [-0.1, -0.05) is 6.07 Å². The van der Waals surface area contributed by atoms with E-state index in [1.54, 1.807) is 0 Å². The van der Waals surface area contributed by atoms with E-state index in [1.807, 2.05) is 66.4 Å². The quantitative estimate of drug-likeness (QED) is 0.707. The van der Waals surface area contributed by atoms with Crippen LogP contribution in [0.15, 0.2) is 42.5 Å². The van der Waals surface area contributed by atoms with Crippen LogP contribution in [0, 0.1) is 0 Å². The highest BCUT2D eigenvalue weighted by Gasteiger charge is 2.55. The van der Waals surface area contributed by atoms with E-state index in [2.05, 4.69) is 17.3 Å². The van der Waals surface area contributed by atoms with Crippen LogP contribution in [0.2, 0.25) is 0 Å². The van der Waals surface area contributed by atoms with E-state index in [4.69, 9.17) is 9.47 Å². The summed E-state index contributed by atoms with van der Waals surface area (Å²) in [6, 6.07) is 13.4. The Kier molecular flexibility index (Phi) is 5.40. The molecule has 2 saturated heterocycles. The molecule has 2 fully saturated rings. The maximum Gasteiger partial charge on any atom is 0.250 e. The zero-order chi connectivity index (χ0) is 23.2. The molecule has 33 heavy (non-hydrogen) atoms. The molecule has 1 atom stereocenters. The summed E-state index contributed by atoms with van der Waals surface area (Å²) < 4.78 is 11.0. The normalized spacial score (nSPS) is 21.5. The van der Waals surface area contributed by atoms with Crippen molar-refractivity contribution in [1.82, 2.24) is 9.80 Å². The van der Waals surface area contributed by atoms with Crippen LogP contribution in [-0.4, -0.2) is 68.2 Å². The predicted molar refractivity (Wildman–Crippen MR) is 126 cm³/mol. The van der Waals surface area contributed by atoms with E-state index in [1.165, 1.54) is 0 Å². The molecule has 3 aliphatic heterocycles. The van der Waals surface area contributed by atoms with Gasteiger partial charge in [-0.05, 0) is 61.9 Å². The van der Waals surface area contributed by atoms with Crippen molar-refractivity contribution in [1.29, 1.82) is 0 Å². The van der Waals surface area contributed by atoms with Gasteiger partial charge in [-0.15, -0.1) is 0 Å². The summed E-state index contributed by atoms with van der Waals surface area (Å²) >= 11 is 0. The lowest BCUT2D eigenvalue weighted by molar-refractivity contribution is -0.167. The Morgan fingerprint density at radius 3 is 2.42 bits per heavy atom. The SMILES string of the molecule is CN1CCC(C(=O)Nc2ccc(N(C)C)cc2)(N2C(=O)CC2c2ccc3c(c2)OCO3)CC1. The van der Waals surface area contributed by atoms with Gasteiger partial charge in [0, 0.05) is 38.6 Å². The number of nitrogens with zero attached hydrogens (tertiary/aromatic N) is 3. The fraction of sp³-hybridized carbons (Fsp3) is 0.440. The number of rotatable bonds is 5.